The third kappa shape index (κ3) is 3.37. The maximum Gasteiger partial charge on any atom is 0.256 e. The molecule has 0 aliphatic carbocycles. The summed E-state index contributed by atoms with van der Waals surface area (Å²) in [6, 6.07) is 6.91. The topological polar surface area (TPSA) is 91.9 Å². The van der Waals surface area contributed by atoms with E-state index in [0.717, 1.165) is 28.8 Å². The fourth-order valence-electron chi connectivity index (χ4n) is 2.92. The highest BCUT2D eigenvalue weighted by Crippen LogP contribution is 2.35. The Morgan fingerprint density at radius 2 is 2.19 bits per heavy atom. The molecule has 1 aromatic carbocycles. The second-order valence-electron chi connectivity index (χ2n) is 5.95. The van der Waals surface area contributed by atoms with Crippen molar-refractivity contribution in [3.05, 3.63) is 65.6 Å². The van der Waals surface area contributed by atoms with Crippen LogP contribution in [-0.2, 0) is 11.3 Å². The van der Waals surface area contributed by atoms with Crippen LogP contribution in [0.15, 0.2) is 43.0 Å². The van der Waals surface area contributed by atoms with Crippen molar-refractivity contribution in [3.63, 3.8) is 0 Å². The lowest BCUT2D eigenvalue weighted by Crippen LogP contribution is -2.04. The zero-order valence-electron chi connectivity index (χ0n) is 14.4. The lowest BCUT2D eigenvalue weighted by molar-refractivity contribution is -0.110. The first kappa shape index (κ1) is 16.8. The molecule has 3 N–H and O–H groups in total. The van der Waals surface area contributed by atoms with Crippen molar-refractivity contribution < 1.29 is 13.9 Å². The smallest absolute Gasteiger partial charge is 0.256 e. The quantitative estimate of drug-likeness (QED) is 0.605. The Labute approximate surface area is 154 Å². The number of anilines is 2. The SMILES string of the molecule is COc1ncc(F)cc1CNc1ccc2c(c1)C(=Cc1cnc[nH]1)C(=O)N2. The second-order valence-corrected chi connectivity index (χ2v) is 5.95. The predicted octanol–water partition coefficient (Wildman–Crippen LogP) is 3.06. The van der Waals surface area contributed by atoms with Gasteiger partial charge in [-0.15, -0.1) is 0 Å². The van der Waals surface area contributed by atoms with E-state index in [1.165, 1.54) is 13.2 Å². The van der Waals surface area contributed by atoms with Crippen LogP contribution in [0.5, 0.6) is 5.88 Å². The number of carbonyl (C=O) groups is 1. The number of carbonyl (C=O) groups excluding carboxylic acids is 1. The Balaban J connectivity index is 1.59. The number of imidazole rings is 1. The van der Waals surface area contributed by atoms with Gasteiger partial charge in [0.05, 0.1) is 37.1 Å². The van der Waals surface area contributed by atoms with Crippen molar-refractivity contribution in [2.24, 2.45) is 0 Å². The van der Waals surface area contributed by atoms with Crippen LogP contribution in [0.2, 0.25) is 0 Å². The van der Waals surface area contributed by atoms with Gasteiger partial charge in [-0.2, -0.15) is 0 Å². The van der Waals surface area contributed by atoms with E-state index in [0.29, 0.717) is 23.6 Å². The summed E-state index contributed by atoms with van der Waals surface area (Å²) < 4.78 is 18.6. The first-order valence-electron chi connectivity index (χ1n) is 8.22. The van der Waals surface area contributed by atoms with Crippen LogP contribution in [0.3, 0.4) is 0 Å². The maximum absolute atomic E-state index is 13.5. The summed E-state index contributed by atoms with van der Waals surface area (Å²) in [6.07, 6.45) is 6.06. The van der Waals surface area contributed by atoms with Crippen LogP contribution in [0.25, 0.3) is 11.6 Å². The summed E-state index contributed by atoms with van der Waals surface area (Å²) in [6.45, 7) is 0.327. The predicted molar refractivity (Wildman–Crippen MR) is 99.6 cm³/mol. The van der Waals surface area contributed by atoms with E-state index < -0.39 is 5.82 Å². The Morgan fingerprint density at radius 3 is 2.96 bits per heavy atom. The molecule has 4 rings (SSSR count). The molecule has 136 valence electrons. The standard InChI is InChI=1S/C19H16FN5O2/c1-27-19-11(4-12(20)8-23-19)7-22-13-2-3-17-15(5-13)16(18(26)25-17)6-14-9-21-10-24-14/h2-6,8-10,22H,7H2,1H3,(H,21,24)(H,25,26). The van der Waals surface area contributed by atoms with Crippen LogP contribution in [-0.4, -0.2) is 28.0 Å². The molecule has 0 saturated carbocycles. The molecule has 0 unspecified atom stereocenters. The van der Waals surface area contributed by atoms with Gasteiger partial charge in [-0.3, -0.25) is 4.79 Å². The number of fused-ring (bicyclic) bond motifs is 1. The molecule has 2 aromatic heterocycles. The summed E-state index contributed by atoms with van der Waals surface area (Å²) >= 11 is 0. The van der Waals surface area contributed by atoms with Crippen molar-refractivity contribution in [3.8, 4) is 5.88 Å². The summed E-state index contributed by atoms with van der Waals surface area (Å²) in [5.74, 6) is -0.240. The number of benzene rings is 1. The number of methoxy groups -OCH3 is 1. The van der Waals surface area contributed by atoms with Gasteiger partial charge in [-0.25, -0.2) is 14.4 Å². The van der Waals surface area contributed by atoms with E-state index in [4.69, 9.17) is 4.74 Å². The molecule has 0 bridgehead atoms. The minimum absolute atomic E-state index is 0.173. The van der Waals surface area contributed by atoms with E-state index in [9.17, 15) is 9.18 Å². The molecule has 27 heavy (non-hydrogen) atoms. The molecule has 1 aliphatic rings. The molecule has 7 nitrogen and oxygen atoms in total. The molecule has 0 fully saturated rings. The van der Waals surface area contributed by atoms with Gasteiger partial charge in [-0.05, 0) is 30.3 Å². The summed E-state index contributed by atoms with van der Waals surface area (Å²) in [7, 11) is 1.49. The lowest BCUT2D eigenvalue weighted by Gasteiger charge is -2.11. The molecule has 0 radical (unpaired) electrons. The molecular formula is C19H16FN5O2. The Bertz CT molecular complexity index is 1030. The van der Waals surface area contributed by atoms with Crippen molar-refractivity contribution in [2.75, 3.05) is 17.7 Å². The first-order valence-corrected chi connectivity index (χ1v) is 8.22. The van der Waals surface area contributed by atoms with Gasteiger partial charge in [0.1, 0.15) is 5.82 Å². The summed E-state index contributed by atoms with van der Waals surface area (Å²) in [5, 5.41) is 6.05. The number of halogens is 1. The van der Waals surface area contributed by atoms with Gasteiger partial charge < -0.3 is 20.4 Å². The van der Waals surface area contributed by atoms with Crippen LogP contribution >= 0.6 is 0 Å². The fourth-order valence-corrected chi connectivity index (χ4v) is 2.92. The van der Waals surface area contributed by atoms with Gasteiger partial charge in [0.15, 0.2) is 0 Å². The van der Waals surface area contributed by atoms with E-state index in [-0.39, 0.29) is 5.91 Å². The number of amides is 1. The molecule has 1 aliphatic heterocycles. The van der Waals surface area contributed by atoms with Gasteiger partial charge in [-0.1, -0.05) is 0 Å². The second kappa shape index (κ2) is 6.91. The average molecular weight is 365 g/mol. The number of nitrogens with zero attached hydrogens (tertiary/aromatic N) is 2. The highest BCUT2D eigenvalue weighted by atomic mass is 19.1. The number of aromatic nitrogens is 3. The van der Waals surface area contributed by atoms with Gasteiger partial charge in [0.2, 0.25) is 5.88 Å². The lowest BCUT2D eigenvalue weighted by atomic mass is 10.1. The number of hydrogen-bond acceptors (Lipinski definition) is 5. The number of pyridine rings is 1. The Morgan fingerprint density at radius 1 is 1.30 bits per heavy atom. The minimum Gasteiger partial charge on any atom is -0.481 e. The summed E-state index contributed by atoms with van der Waals surface area (Å²) in [4.78, 5) is 23.1. The van der Waals surface area contributed by atoms with Crippen molar-refractivity contribution >= 4 is 28.9 Å². The average Bonchev–Trinajstić information content (AvgIpc) is 3.29. The molecule has 1 amide bonds. The zero-order chi connectivity index (χ0) is 18.8. The van der Waals surface area contributed by atoms with E-state index in [1.807, 2.05) is 18.2 Å². The van der Waals surface area contributed by atoms with Crippen LogP contribution in [0, 0.1) is 5.82 Å². The number of rotatable bonds is 5. The maximum atomic E-state index is 13.5. The molecule has 3 aromatic rings. The monoisotopic (exact) mass is 365 g/mol. The third-order valence-electron chi connectivity index (χ3n) is 4.19. The van der Waals surface area contributed by atoms with E-state index >= 15 is 0 Å². The van der Waals surface area contributed by atoms with Gasteiger partial charge in [0.25, 0.3) is 5.91 Å². The molecule has 0 atom stereocenters. The number of ether oxygens (including phenoxy) is 1. The van der Waals surface area contributed by atoms with Crippen LogP contribution < -0.4 is 15.4 Å². The normalized spacial score (nSPS) is 14.1. The third-order valence-corrected chi connectivity index (χ3v) is 4.19. The van der Waals surface area contributed by atoms with Gasteiger partial charge >= 0.3 is 0 Å². The number of hydrogen-bond donors (Lipinski definition) is 3. The van der Waals surface area contributed by atoms with Crippen molar-refractivity contribution in [1.82, 2.24) is 15.0 Å². The fraction of sp³-hybridized carbons (Fsp3) is 0.105. The number of H-pyrrole nitrogens is 1. The van der Waals surface area contributed by atoms with E-state index in [2.05, 4.69) is 25.6 Å². The molecule has 3 heterocycles. The zero-order valence-corrected chi connectivity index (χ0v) is 14.4. The van der Waals surface area contributed by atoms with E-state index in [1.54, 1.807) is 18.6 Å². The molecule has 8 heteroatoms. The molecule has 0 spiro atoms. The largest absolute Gasteiger partial charge is 0.481 e. The highest BCUT2D eigenvalue weighted by Gasteiger charge is 2.24. The summed E-state index contributed by atoms with van der Waals surface area (Å²) in [5.41, 5.74) is 4.18. The molecular weight excluding hydrogens is 349 g/mol. The van der Waals surface area contributed by atoms with Crippen molar-refractivity contribution in [2.45, 2.75) is 6.54 Å². The van der Waals surface area contributed by atoms with Crippen LogP contribution in [0.1, 0.15) is 16.8 Å². The minimum atomic E-state index is -0.430. The first-order chi connectivity index (χ1) is 13.1. The van der Waals surface area contributed by atoms with Crippen LogP contribution in [0.4, 0.5) is 15.8 Å². The Kier molecular flexibility index (Phi) is 4.29. The number of aromatic amines is 1. The number of nitrogens with one attached hydrogen (secondary N) is 3. The van der Waals surface area contributed by atoms with Gasteiger partial charge in [0, 0.05) is 29.0 Å². The molecule has 0 saturated heterocycles. The Hall–Kier alpha value is -3.68. The highest BCUT2D eigenvalue weighted by molar-refractivity contribution is 6.35. The van der Waals surface area contributed by atoms with Crippen molar-refractivity contribution in [1.29, 1.82) is 0 Å².